The van der Waals surface area contributed by atoms with Crippen LogP contribution in [0.15, 0.2) is 67.0 Å². The zero-order valence-electron chi connectivity index (χ0n) is 13.1. The molecule has 1 aliphatic heterocycles. The third-order valence-corrected chi connectivity index (χ3v) is 4.31. The van der Waals surface area contributed by atoms with Crippen molar-refractivity contribution in [2.45, 2.75) is 12.0 Å². The molecule has 0 unspecified atom stereocenters. The van der Waals surface area contributed by atoms with E-state index in [-0.39, 0.29) is 30.9 Å². The number of hydrogen-bond donors (Lipinski definition) is 1. The van der Waals surface area contributed by atoms with E-state index in [1.165, 1.54) is 5.56 Å². The molecule has 3 nitrogen and oxygen atoms in total. The summed E-state index contributed by atoms with van der Waals surface area (Å²) in [5.74, 6) is 1.33. The lowest BCUT2D eigenvalue weighted by molar-refractivity contribution is 0.207. The Morgan fingerprint density at radius 2 is 1.75 bits per heavy atom. The number of ether oxygens (including phenoxy) is 1. The van der Waals surface area contributed by atoms with Gasteiger partial charge in [0.05, 0.1) is 0 Å². The largest absolute Gasteiger partial charge is 0.488 e. The zero-order valence-corrected chi connectivity index (χ0v) is 14.7. The first kappa shape index (κ1) is 18.5. The van der Waals surface area contributed by atoms with Crippen LogP contribution in [-0.4, -0.2) is 24.2 Å². The summed E-state index contributed by atoms with van der Waals surface area (Å²) in [6.07, 6.45) is 3.85. The van der Waals surface area contributed by atoms with Gasteiger partial charge in [0.15, 0.2) is 0 Å². The average molecular weight is 363 g/mol. The Labute approximate surface area is 154 Å². The molecule has 4 rings (SSSR count). The van der Waals surface area contributed by atoms with Crippen molar-refractivity contribution in [1.82, 2.24) is 10.3 Å². The van der Waals surface area contributed by atoms with Gasteiger partial charge in [-0.25, -0.2) is 0 Å². The Hall–Kier alpha value is -1.81. The van der Waals surface area contributed by atoms with Crippen LogP contribution in [0.5, 0.6) is 5.75 Å². The van der Waals surface area contributed by atoms with Crippen LogP contribution >= 0.6 is 24.8 Å². The van der Waals surface area contributed by atoms with Crippen molar-refractivity contribution in [3.8, 4) is 5.75 Å². The number of hydrogen-bond acceptors (Lipinski definition) is 3. The highest BCUT2D eigenvalue weighted by molar-refractivity contribution is 5.87. The van der Waals surface area contributed by atoms with Gasteiger partial charge < -0.3 is 10.1 Å². The van der Waals surface area contributed by atoms with Gasteiger partial charge in [-0.1, -0.05) is 42.5 Å². The highest BCUT2D eigenvalue weighted by Crippen LogP contribution is 2.30. The Morgan fingerprint density at radius 3 is 2.58 bits per heavy atom. The molecule has 126 valence electrons. The number of nitrogens with one attached hydrogen (secondary N) is 1. The molecule has 1 saturated heterocycles. The maximum Gasteiger partial charge on any atom is 0.127 e. The van der Waals surface area contributed by atoms with Crippen LogP contribution in [-0.2, 0) is 0 Å². The Morgan fingerprint density at radius 1 is 0.917 bits per heavy atom. The lowest BCUT2D eigenvalue weighted by Gasteiger charge is -2.21. The van der Waals surface area contributed by atoms with E-state index in [0.717, 1.165) is 29.6 Å². The first-order chi connectivity index (χ1) is 10.9. The van der Waals surface area contributed by atoms with Crippen LogP contribution in [0.1, 0.15) is 11.5 Å². The molecule has 24 heavy (non-hydrogen) atoms. The van der Waals surface area contributed by atoms with Gasteiger partial charge in [-0.2, -0.15) is 0 Å². The number of aromatic nitrogens is 1. The van der Waals surface area contributed by atoms with Gasteiger partial charge in [0.2, 0.25) is 0 Å². The molecule has 3 aromatic rings. The Balaban J connectivity index is 0.00000104. The lowest BCUT2D eigenvalue weighted by Crippen LogP contribution is -2.24. The van der Waals surface area contributed by atoms with E-state index in [0.29, 0.717) is 5.92 Å². The molecule has 0 radical (unpaired) electrons. The van der Waals surface area contributed by atoms with Crippen molar-refractivity contribution >= 4 is 35.6 Å². The maximum atomic E-state index is 6.37. The topological polar surface area (TPSA) is 34.1 Å². The van der Waals surface area contributed by atoms with Crippen molar-refractivity contribution in [2.24, 2.45) is 0 Å². The lowest BCUT2D eigenvalue weighted by atomic mass is 9.96. The summed E-state index contributed by atoms with van der Waals surface area (Å²) >= 11 is 0. The first-order valence-electron chi connectivity index (χ1n) is 7.67. The minimum atomic E-state index is 0. The summed E-state index contributed by atoms with van der Waals surface area (Å²) < 4.78 is 6.37. The highest BCUT2D eigenvalue weighted by atomic mass is 35.5. The molecular weight excluding hydrogens is 343 g/mol. The smallest absolute Gasteiger partial charge is 0.127 e. The van der Waals surface area contributed by atoms with Crippen LogP contribution in [0.2, 0.25) is 0 Å². The average Bonchev–Trinajstić information content (AvgIpc) is 3.04. The third-order valence-electron chi connectivity index (χ3n) is 4.31. The maximum absolute atomic E-state index is 6.37. The quantitative estimate of drug-likeness (QED) is 0.757. The van der Waals surface area contributed by atoms with Gasteiger partial charge in [-0.3, -0.25) is 4.98 Å². The molecule has 0 saturated carbocycles. The number of nitrogens with zero attached hydrogens (tertiary/aromatic N) is 1. The molecule has 0 spiro atoms. The molecule has 1 fully saturated rings. The fourth-order valence-electron chi connectivity index (χ4n) is 3.17. The van der Waals surface area contributed by atoms with Crippen LogP contribution in [0.3, 0.4) is 0 Å². The fraction of sp³-hybridized carbons (Fsp3) is 0.211. The minimum Gasteiger partial charge on any atom is -0.488 e. The Bertz CT molecular complexity index is 777. The van der Waals surface area contributed by atoms with E-state index in [2.05, 4.69) is 46.7 Å². The summed E-state index contributed by atoms with van der Waals surface area (Å²) in [6, 6.07) is 18.8. The van der Waals surface area contributed by atoms with Crippen LogP contribution < -0.4 is 10.1 Å². The van der Waals surface area contributed by atoms with E-state index in [4.69, 9.17) is 4.74 Å². The monoisotopic (exact) mass is 362 g/mol. The second kappa shape index (κ2) is 8.34. The van der Waals surface area contributed by atoms with E-state index < -0.39 is 0 Å². The fourth-order valence-corrected chi connectivity index (χ4v) is 3.17. The van der Waals surface area contributed by atoms with Gasteiger partial charge in [-0.05, 0) is 17.7 Å². The number of pyridine rings is 1. The molecule has 0 bridgehead atoms. The molecule has 0 amide bonds. The Kier molecular flexibility index (Phi) is 6.44. The van der Waals surface area contributed by atoms with Crippen LogP contribution in [0.4, 0.5) is 0 Å². The van der Waals surface area contributed by atoms with Gasteiger partial charge in [-0.15, -0.1) is 24.8 Å². The molecular formula is C19H20Cl2N2O. The van der Waals surface area contributed by atoms with Gasteiger partial charge in [0.25, 0.3) is 0 Å². The van der Waals surface area contributed by atoms with Crippen molar-refractivity contribution in [1.29, 1.82) is 0 Å². The first-order valence-corrected chi connectivity index (χ1v) is 7.67. The summed E-state index contributed by atoms with van der Waals surface area (Å²) in [4.78, 5) is 4.18. The van der Waals surface area contributed by atoms with Crippen molar-refractivity contribution in [2.75, 3.05) is 13.1 Å². The minimum absolute atomic E-state index is 0. The number of benzene rings is 2. The second-order valence-electron chi connectivity index (χ2n) is 5.68. The molecule has 0 aliphatic carbocycles. The van der Waals surface area contributed by atoms with Crippen LogP contribution in [0.25, 0.3) is 10.8 Å². The van der Waals surface area contributed by atoms with Crippen molar-refractivity contribution < 1.29 is 4.74 Å². The third kappa shape index (κ3) is 3.64. The van der Waals surface area contributed by atoms with Gasteiger partial charge >= 0.3 is 0 Å². The number of rotatable bonds is 3. The summed E-state index contributed by atoms with van der Waals surface area (Å²) in [5, 5.41) is 5.69. The predicted molar refractivity (Wildman–Crippen MR) is 103 cm³/mol. The molecule has 1 aliphatic rings. The zero-order chi connectivity index (χ0) is 14.8. The van der Waals surface area contributed by atoms with Gasteiger partial charge in [0, 0.05) is 42.2 Å². The summed E-state index contributed by atoms with van der Waals surface area (Å²) in [6.45, 7) is 1.84. The molecule has 2 heterocycles. The van der Waals surface area contributed by atoms with E-state index >= 15 is 0 Å². The van der Waals surface area contributed by atoms with Crippen molar-refractivity contribution in [3.63, 3.8) is 0 Å². The standard InChI is InChI=1S/C19H18N2O.2ClH/c1-2-5-14(6-3-1)17-12-21-13-19(17)22-18-8-4-7-15-11-20-10-9-16(15)18;;/h1-11,17,19,21H,12-13H2;2*1H/t17-,19+;;/m0../s1. The molecule has 5 heteroatoms. The molecule has 1 aromatic heterocycles. The summed E-state index contributed by atoms with van der Waals surface area (Å²) in [5.41, 5.74) is 1.33. The number of fused-ring (bicyclic) bond motifs is 1. The van der Waals surface area contributed by atoms with Crippen LogP contribution in [0, 0.1) is 0 Å². The SMILES string of the molecule is Cl.Cl.c1ccc([C@@H]2CNC[C@H]2Oc2cccc3cnccc23)cc1. The predicted octanol–water partition coefficient (Wildman–Crippen LogP) is 4.21. The molecule has 2 atom stereocenters. The van der Waals surface area contributed by atoms with E-state index in [1.54, 1.807) is 0 Å². The highest BCUT2D eigenvalue weighted by Gasteiger charge is 2.30. The van der Waals surface area contributed by atoms with E-state index in [9.17, 15) is 0 Å². The van der Waals surface area contributed by atoms with E-state index in [1.807, 2.05) is 30.6 Å². The number of halogens is 2. The summed E-state index contributed by atoms with van der Waals surface area (Å²) in [7, 11) is 0. The van der Waals surface area contributed by atoms with Gasteiger partial charge in [0.1, 0.15) is 11.9 Å². The molecule has 2 aromatic carbocycles. The normalized spacial score (nSPS) is 19.3. The van der Waals surface area contributed by atoms with Crippen molar-refractivity contribution in [3.05, 3.63) is 72.6 Å². The molecule has 1 N–H and O–H groups in total. The second-order valence-corrected chi connectivity index (χ2v) is 5.68.